The number of nitrogens with zero attached hydrogens (tertiary/aromatic N) is 4. The smallest absolute Gasteiger partial charge is 0.254 e. The highest BCUT2D eigenvalue weighted by Gasteiger charge is 2.36. The number of ether oxygens (including phenoxy) is 3. The summed E-state index contributed by atoms with van der Waals surface area (Å²) < 4.78 is 48.5. The fourth-order valence-electron chi connectivity index (χ4n) is 6.68. The lowest BCUT2D eigenvalue weighted by Crippen LogP contribution is -2.52. The van der Waals surface area contributed by atoms with Crippen molar-refractivity contribution in [1.29, 1.82) is 0 Å². The predicted molar refractivity (Wildman–Crippen MR) is 154 cm³/mol. The second kappa shape index (κ2) is 12.0. The van der Waals surface area contributed by atoms with E-state index < -0.39 is 11.8 Å². The van der Waals surface area contributed by atoms with Crippen LogP contribution in [0.4, 0.5) is 8.78 Å². The highest BCUT2D eigenvalue weighted by atomic mass is 19.1. The summed E-state index contributed by atoms with van der Waals surface area (Å²) in [7, 11) is 0. The number of aromatic nitrogens is 2. The Morgan fingerprint density at radius 3 is 2.57 bits per heavy atom. The third kappa shape index (κ3) is 5.57. The average Bonchev–Trinajstić information content (AvgIpc) is 3.56. The molecule has 1 amide bonds. The van der Waals surface area contributed by atoms with Crippen LogP contribution in [0, 0.1) is 24.6 Å². The van der Waals surface area contributed by atoms with Crippen LogP contribution in [0.2, 0.25) is 0 Å². The van der Waals surface area contributed by atoms with Crippen molar-refractivity contribution in [2.24, 2.45) is 5.92 Å². The second-order valence-electron chi connectivity index (χ2n) is 12.2. The number of rotatable bonds is 8. The fraction of sp³-hybridized carbons (Fsp3) is 0.562. The molecule has 0 N–H and O–H groups in total. The van der Waals surface area contributed by atoms with Crippen LogP contribution in [-0.2, 0) is 14.2 Å². The van der Waals surface area contributed by atoms with Crippen molar-refractivity contribution in [2.45, 2.75) is 64.8 Å². The first-order valence-corrected chi connectivity index (χ1v) is 15.0. The van der Waals surface area contributed by atoms with Crippen molar-refractivity contribution in [3.63, 3.8) is 0 Å². The van der Waals surface area contributed by atoms with Gasteiger partial charge < -0.3 is 23.5 Å². The number of aryl methyl sites for hydroxylation is 1. The highest BCUT2D eigenvalue weighted by Crippen LogP contribution is 2.38. The van der Waals surface area contributed by atoms with Gasteiger partial charge >= 0.3 is 0 Å². The van der Waals surface area contributed by atoms with Gasteiger partial charge in [-0.05, 0) is 61.9 Å². The Bertz CT molecular complexity index is 1450. The molecule has 42 heavy (non-hydrogen) atoms. The molecule has 0 radical (unpaired) electrons. The number of amides is 1. The zero-order chi connectivity index (χ0) is 29.5. The first-order valence-electron chi connectivity index (χ1n) is 15.0. The van der Waals surface area contributed by atoms with E-state index in [9.17, 15) is 9.18 Å². The molecular formula is C32H40F2N4O4. The maximum Gasteiger partial charge on any atom is 0.254 e. The molecule has 3 aliphatic heterocycles. The first-order chi connectivity index (χ1) is 20.2. The van der Waals surface area contributed by atoms with Crippen LogP contribution in [0.15, 0.2) is 30.5 Å². The summed E-state index contributed by atoms with van der Waals surface area (Å²) in [6.07, 6.45) is 3.72. The summed E-state index contributed by atoms with van der Waals surface area (Å²) >= 11 is 0. The molecule has 226 valence electrons. The molecule has 2 aromatic heterocycles. The van der Waals surface area contributed by atoms with E-state index >= 15 is 4.39 Å². The Morgan fingerprint density at radius 1 is 1.10 bits per heavy atom. The van der Waals surface area contributed by atoms with Crippen LogP contribution in [0.1, 0.15) is 61.3 Å². The van der Waals surface area contributed by atoms with Crippen molar-refractivity contribution in [1.82, 2.24) is 19.2 Å². The number of imidazole rings is 1. The average molecular weight is 583 g/mol. The van der Waals surface area contributed by atoms with Gasteiger partial charge in [0.05, 0.1) is 38.0 Å². The molecule has 3 fully saturated rings. The van der Waals surface area contributed by atoms with Crippen molar-refractivity contribution in [2.75, 3.05) is 46.1 Å². The summed E-state index contributed by atoms with van der Waals surface area (Å²) in [4.78, 5) is 22.1. The molecule has 3 aromatic rings. The van der Waals surface area contributed by atoms with E-state index in [-0.39, 0.29) is 29.7 Å². The number of hydrogen-bond donors (Lipinski definition) is 0. The number of hydrogen-bond acceptors (Lipinski definition) is 6. The molecular weight excluding hydrogens is 542 g/mol. The Hall–Kier alpha value is -2.92. The van der Waals surface area contributed by atoms with Crippen molar-refractivity contribution < 1.29 is 27.8 Å². The van der Waals surface area contributed by atoms with E-state index in [0.29, 0.717) is 67.4 Å². The summed E-state index contributed by atoms with van der Waals surface area (Å²) in [5.41, 5.74) is 2.59. The van der Waals surface area contributed by atoms with Gasteiger partial charge in [0.25, 0.3) is 5.91 Å². The molecule has 2 atom stereocenters. The third-order valence-corrected chi connectivity index (χ3v) is 9.03. The van der Waals surface area contributed by atoms with Crippen molar-refractivity contribution >= 4 is 11.4 Å². The van der Waals surface area contributed by atoms with Crippen molar-refractivity contribution in [3.8, 4) is 11.1 Å². The first kappa shape index (κ1) is 29.2. The topological polar surface area (TPSA) is 68.5 Å². The molecule has 0 saturated carbocycles. The number of carbonyl (C=O) groups is 1. The zero-order valence-corrected chi connectivity index (χ0v) is 24.8. The Kier molecular flexibility index (Phi) is 8.33. The second-order valence-corrected chi connectivity index (χ2v) is 12.2. The number of fused-ring (bicyclic) bond motifs is 1. The molecule has 3 saturated heterocycles. The van der Waals surface area contributed by atoms with Gasteiger partial charge in [-0.2, -0.15) is 4.39 Å². The van der Waals surface area contributed by atoms with E-state index in [1.165, 1.54) is 12.1 Å². The van der Waals surface area contributed by atoms with Crippen LogP contribution in [0.25, 0.3) is 16.6 Å². The molecule has 0 unspecified atom stereocenters. The molecule has 1 aromatic carbocycles. The molecule has 3 aliphatic rings. The Labute approximate surface area is 245 Å². The van der Waals surface area contributed by atoms with E-state index in [0.717, 1.165) is 31.5 Å². The summed E-state index contributed by atoms with van der Waals surface area (Å²) in [5.74, 6) is -0.172. The van der Waals surface area contributed by atoms with Crippen LogP contribution in [0.3, 0.4) is 0 Å². The van der Waals surface area contributed by atoms with Gasteiger partial charge in [0.2, 0.25) is 5.95 Å². The molecule has 0 aliphatic carbocycles. The van der Waals surface area contributed by atoms with Crippen LogP contribution >= 0.6 is 0 Å². The minimum Gasteiger partial charge on any atom is -0.377 e. The lowest BCUT2D eigenvalue weighted by Gasteiger charge is -2.46. The normalized spacial score (nSPS) is 21.4. The maximum atomic E-state index is 15.3. The van der Waals surface area contributed by atoms with E-state index in [2.05, 4.69) is 23.7 Å². The fourth-order valence-corrected chi connectivity index (χ4v) is 6.68. The molecule has 10 heteroatoms. The van der Waals surface area contributed by atoms with E-state index in [1.54, 1.807) is 22.3 Å². The minimum atomic E-state index is -0.608. The number of halogens is 2. The van der Waals surface area contributed by atoms with Gasteiger partial charge in [0.15, 0.2) is 6.29 Å². The van der Waals surface area contributed by atoms with Gasteiger partial charge in [-0.1, -0.05) is 19.9 Å². The standard InChI is InChI=1S/C32H40F2N4O4/c1-19(2)28(7-8-29-41-11-12-42-29)36-15-23(16-36)22-13-26(30-31(34)35-21(4)38(30)17-22)25-6-5-24(33)14-27(25)32(39)37-9-10-40-18-20(37)3/h5-6,13-14,17,19-20,23,28-29H,7-12,15-16,18H2,1-4H3/t20-,28+/m1/s1. The lowest BCUT2D eigenvalue weighted by molar-refractivity contribution is -0.0564. The molecule has 8 nitrogen and oxygen atoms in total. The number of benzene rings is 1. The lowest BCUT2D eigenvalue weighted by atomic mass is 9.85. The van der Waals surface area contributed by atoms with Crippen LogP contribution in [0.5, 0.6) is 0 Å². The summed E-state index contributed by atoms with van der Waals surface area (Å²) in [6.45, 7) is 12.5. The van der Waals surface area contributed by atoms with Gasteiger partial charge in [0, 0.05) is 43.4 Å². The minimum absolute atomic E-state index is 0.111. The number of morpholine rings is 1. The summed E-state index contributed by atoms with van der Waals surface area (Å²) in [5, 5.41) is 0. The molecule has 0 spiro atoms. The molecule has 6 rings (SSSR count). The van der Waals surface area contributed by atoms with Gasteiger partial charge in [-0.25, -0.2) is 9.37 Å². The zero-order valence-electron chi connectivity index (χ0n) is 24.8. The molecule has 5 heterocycles. The Morgan fingerprint density at radius 2 is 1.86 bits per heavy atom. The number of carbonyl (C=O) groups excluding carboxylic acids is 1. The van der Waals surface area contributed by atoms with Gasteiger partial charge in [-0.15, -0.1) is 0 Å². The molecule has 0 bridgehead atoms. The number of likely N-dealkylation sites (tertiary alicyclic amines) is 1. The van der Waals surface area contributed by atoms with Crippen LogP contribution in [-0.4, -0.2) is 89.5 Å². The maximum absolute atomic E-state index is 15.3. The van der Waals surface area contributed by atoms with Gasteiger partial charge in [0.1, 0.15) is 17.2 Å². The quantitative estimate of drug-likeness (QED) is 0.372. The SMILES string of the molecule is Cc1nc(F)c2c(-c3ccc(F)cc3C(=O)N3CCOC[C@H]3C)cc(C3CN([C@@H](CCC4OCCO4)C(C)C)C3)cn12. The van der Waals surface area contributed by atoms with Crippen molar-refractivity contribution in [3.05, 3.63) is 59.2 Å². The predicted octanol–water partition coefficient (Wildman–Crippen LogP) is 5.03. The summed E-state index contributed by atoms with van der Waals surface area (Å²) in [6, 6.07) is 6.41. The number of pyridine rings is 1. The van der Waals surface area contributed by atoms with Crippen LogP contribution < -0.4 is 0 Å². The van der Waals surface area contributed by atoms with Gasteiger partial charge in [-0.3, -0.25) is 9.69 Å². The highest BCUT2D eigenvalue weighted by molar-refractivity contribution is 6.03. The largest absolute Gasteiger partial charge is 0.377 e. The van der Waals surface area contributed by atoms with E-state index in [4.69, 9.17) is 14.2 Å². The monoisotopic (exact) mass is 582 g/mol. The van der Waals surface area contributed by atoms with E-state index in [1.807, 2.05) is 19.2 Å². The Balaban J connectivity index is 1.32. The third-order valence-electron chi connectivity index (χ3n) is 9.03.